The largest absolute Gasteiger partial charge is 0.325 e. The van der Waals surface area contributed by atoms with Crippen molar-refractivity contribution in [1.29, 1.82) is 0 Å². The molecule has 0 saturated carbocycles. The summed E-state index contributed by atoms with van der Waals surface area (Å²) in [5, 5.41) is 9.69. The molecule has 7 nitrogen and oxygen atoms in total. The van der Waals surface area contributed by atoms with Crippen LogP contribution < -0.4 is 10.9 Å². The topological polar surface area (TPSA) is 92.7 Å². The van der Waals surface area contributed by atoms with Crippen molar-refractivity contribution in [2.45, 2.75) is 17.3 Å². The third-order valence-electron chi connectivity index (χ3n) is 5.09. The van der Waals surface area contributed by atoms with Crippen molar-refractivity contribution in [3.05, 3.63) is 89.3 Å². The van der Waals surface area contributed by atoms with E-state index in [0.717, 1.165) is 22.1 Å². The van der Waals surface area contributed by atoms with E-state index in [-0.39, 0.29) is 11.5 Å². The fourth-order valence-corrected chi connectivity index (χ4v) is 4.24. The lowest BCUT2D eigenvalue weighted by molar-refractivity contribution is -0.115. The van der Waals surface area contributed by atoms with Crippen LogP contribution in [0.4, 0.5) is 5.69 Å². The van der Waals surface area contributed by atoms with Crippen molar-refractivity contribution in [2.75, 3.05) is 5.32 Å². The quantitative estimate of drug-likeness (QED) is 0.312. The normalized spacial score (nSPS) is 12.2. The van der Waals surface area contributed by atoms with Crippen LogP contribution in [0.2, 0.25) is 0 Å². The van der Waals surface area contributed by atoms with Crippen molar-refractivity contribution in [1.82, 2.24) is 19.7 Å². The second-order valence-electron chi connectivity index (χ2n) is 7.31. The first kappa shape index (κ1) is 20.0. The number of hydrogen-bond donors (Lipinski definition) is 2. The first-order valence-corrected chi connectivity index (χ1v) is 11.0. The molecule has 32 heavy (non-hydrogen) atoms. The molecule has 3 aromatic carbocycles. The molecule has 8 heteroatoms. The molecule has 158 valence electrons. The summed E-state index contributed by atoms with van der Waals surface area (Å²) in [6.07, 6.45) is 1.50. The van der Waals surface area contributed by atoms with E-state index in [4.69, 9.17) is 0 Å². The smallest absolute Gasteiger partial charge is 0.262 e. The van der Waals surface area contributed by atoms with Gasteiger partial charge in [-0.15, -0.1) is 0 Å². The van der Waals surface area contributed by atoms with Crippen LogP contribution in [0.5, 0.6) is 0 Å². The Balaban J connectivity index is 1.38. The monoisotopic (exact) mass is 441 g/mol. The van der Waals surface area contributed by atoms with Crippen LogP contribution in [-0.2, 0) is 4.79 Å². The molecule has 0 fully saturated rings. The third-order valence-corrected chi connectivity index (χ3v) is 6.08. The maximum Gasteiger partial charge on any atom is 0.262 e. The van der Waals surface area contributed by atoms with E-state index in [9.17, 15) is 9.59 Å². The lowest BCUT2D eigenvalue weighted by Gasteiger charge is -2.12. The second kappa shape index (κ2) is 8.32. The van der Waals surface area contributed by atoms with Gasteiger partial charge in [-0.3, -0.25) is 9.59 Å². The van der Waals surface area contributed by atoms with Crippen molar-refractivity contribution in [3.8, 4) is 5.69 Å². The molecule has 0 radical (unpaired) electrons. The highest BCUT2D eigenvalue weighted by atomic mass is 32.2. The fourth-order valence-electron chi connectivity index (χ4n) is 3.44. The number of nitrogens with zero attached hydrogens (tertiary/aromatic N) is 3. The number of carbonyl (C=O) groups is 1. The molecular weight excluding hydrogens is 422 g/mol. The number of nitrogens with one attached hydrogen (secondary N) is 2. The molecule has 0 spiro atoms. The number of rotatable bonds is 5. The number of amides is 1. The highest BCUT2D eigenvalue weighted by Crippen LogP contribution is 2.24. The molecule has 1 unspecified atom stereocenters. The zero-order chi connectivity index (χ0) is 22.1. The average molecular weight is 442 g/mol. The van der Waals surface area contributed by atoms with Gasteiger partial charge in [0.1, 0.15) is 5.39 Å². The molecule has 0 saturated heterocycles. The Hall–Kier alpha value is -3.91. The summed E-state index contributed by atoms with van der Waals surface area (Å²) >= 11 is 1.19. The predicted octanol–water partition coefficient (Wildman–Crippen LogP) is 4.38. The van der Waals surface area contributed by atoms with Crippen LogP contribution in [0.25, 0.3) is 27.5 Å². The Morgan fingerprint density at radius 1 is 1.03 bits per heavy atom. The van der Waals surface area contributed by atoms with Gasteiger partial charge in [0.2, 0.25) is 5.91 Å². The molecule has 5 aromatic rings. The van der Waals surface area contributed by atoms with Gasteiger partial charge < -0.3 is 10.3 Å². The van der Waals surface area contributed by atoms with Gasteiger partial charge in [0.05, 0.1) is 17.1 Å². The fraction of sp³-hybridized carbons (Fsp3) is 0.0833. The van der Waals surface area contributed by atoms with Gasteiger partial charge in [0, 0.05) is 5.69 Å². The van der Waals surface area contributed by atoms with E-state index in [1.165, 1.54) is 18.0 Å². The minimum atomic E-state index is -0.477. The van der Waals surface area contributed by atoms with E-state index < -0.39 is 5.25 Å². The Morgan fingerprint density at radius 2 is 1.78 bits per heavy atom. The van der Waals surface area contributed by atoms with Crippen LogP contribution in [0.15, 0.2) is 88.9 Å². The number of aromatic amines is 1. The highest BCUT2D eigenvalue weighted by molar-refractivity contribution is 8.00. The van der Waals surface area contributed by atoms with Crippen molar-refractivity contribution in [3.63, 3.8) is 0 Å². The number of aromatic nitrogens is 4. The molecule has 2 aromatic heterocycles. The summed E-state index contributed by atoms with van der Waals surface area (Å²) in [6.45, 7) is 1.78. The van der Waals surface area contributed by atoms with Crippen LogP contribution in [0.3, 0.4) is 0 Å². The average Bonchev–Trinajstić information content (AvgIpc) is 3.24. The van der Waals surface area contributed by atoms with E-state index in [1.54, 1.807) is 11.6 Å². The Morgan fingerprint density at radius 3 is 2.59 bits per heavy atom. The summed E-state index contributed by atoms with van der Waals surface area (Å²) < 4.78 is 1.62. The molecular formula is C24H19N5O2S. The summed E-state index contributed by atoms with van der Waals surface area (Å²) in [5.74, 6) is -0.176. The van der Waals surface area contributed by atoms with Crippen LogP contribution in [0.1, 0.15) is 6.92 Å². The Kier molecular flexibility index (Phi) is 5.20. The van der Waals surface area contributed by atoms with Gasteiger partial charge in [0.15, 0.2) is 10.8 Å². The van der Waals surface area contributed by atoms with Crippen molar-refractivity contribution >= 4 is 45.2 Å². The molecule has 0 aliphatic carbocycles. The number of anilines is 1. The van der Waals surface area contributed by atoms with Crippen LogP contribution >= 0.6 is 11.8 Å². The highest BCUT2D eigenvalue weighted by Gasteiger charge is 2.18. The van der Waals surface area contributed by atoms with E-state index >= 15 is 0 Å². The minimum Gasteiger partial charge on any atom is -0.325 e. The number of thioether (sulfide) groups is 1. The van der Waals surface area contributed by atoms with Crippen molar-refractivity contribution in [2.24, 2.45) is 0 Å². The zero-order valence-corrected chi connectivity index (χ0v) is 18.0. The summed E-state index contributed by atoms with van der Waals surface area (Å²) in [7, 11) is 0. The van der Waals surface area contributed by atoms with Crippen LogP contribution in [0, 0.1) is 0 Å². The summed E-state index contributed by atoms with van der Waals surface area (Å²) in [4.78, 5) is 32.6. The van der Waals surface area contributed by atoms with Gasteiger partial charge >= 0.3 is 0 Å². The molecule has 2 N–H and O–H groups in total. The number of hydrogen-bond acceptors (Lipinski definition) is 5. The first-order chi connectivity index (χ1) is 15.6. The SMILES string of the molecule is CC(Sc1nc2c(cnn2-c2ccccc2)c(=O)[nH]1)C(=O)Nc1ccc2ccccc2c1. The maximum atomic E-state index is 12.8. The van der Waals surface area contributed by atoms with Gasteiger partial charge in [-0.1, -0.05) is 60.3 Å². The molecule has 1 atom stereocenters. The number of fused-ring (bicyclic) bond motifs is 2. The molecule has 5 rings (SSSR count). The first-order valence-electron chi connectivity index (χ1n) is 10.1. The van der Waals surface area contributed by atoms with Gasteiger partial charge in [0.25, 0.3) is 5.56 Å². The third kappa shape index (κ3) is 3.88. The van der Waals surface area contributed by atoms with E-state index in [1.807, 2.05) is 72.8 Å². The summed E-state index contributed by atoms with van der Waals surface area (Å²) in [5.41, 5.74) is 1.69. The molecule has 1 amide bonds. The van der Waals surface area contributed by atoms with Crippen LogP contribution in [-0.4, -0.2) is 30.9 Å². The number of carbonyl (C=O) groups excluding carboxylic acids is 1. The van der Waals surface area contributed by atoms with Gasteiger partial charge in [-0.05, 0) is 42.0 Å². The van der Waals surface area contributed by atoms with E-state index in [2.05, 4.69) is 20.4 Å². The predicted molar refractivity (Wildman–Crippen MR) is 127 cm³/mol. The molecule has 0 aliphatic heterocycles. The molecule has 0 bridgehead atoms. The standard InChI is InChI=1S/C24H19N5O2S/c1-15(22(30)26-18-12-11-16-7-5-6-8-17(16)13-18)32-24-27-21-20(23(31)28-24)14-25-29(21)19-9-3-2-4-10-19/h2-15H,1H3,(H,26,30)(H,27,28,31). The Bertz CT molecular complexity index is 1490. The number of benzene rings is 3. The van der Waals surface area contributed by atoms with Gasteiger partial charge in [-0.25, -0.2) is 9.67 Å². The van der Waals surface area contributed by atoms with Gasteiger partial charge in [-0.2, -0.15) is 5.10 Å². The lowest BCUT2D eigenvalue weighted by atomic mass is 10.1. The maximum absolute atomic E-state index is 12.8. The molecule has 0 aliphatic rings. The van der Waals surface area contributed by atoms with E-state index in [0.29, 0.717) is 16.2 Å². The zero-order valence-electron chi connectivity index (χ0n) is 17.1. The van der Waals surface area contributed by atoms with Crippen molar-refractivity contribution < 1.29 is 4.79 Å². The second-order valence-corrected chi connectivity index (χ2v) is 8.64. The number of H-pyrrole nitrogens is 1. The Labute approximate surface area is 187 Å². The minimum absolute atomic E-state index is 0.176. The number of para-hydroxylation sites is 1. The summed E-state index contributed by atoms with van der Waals surface area (Å²) in [6, 6.07) is 23.2. The lowest BCUT2D eigenvalue weighted by Crippen LogP contribution is -2.23. The molecule has 2 heterocycles.